The van der Waals surface area contributed by atoms with Crippen molar-refractivity contribution in [2.75, 3.05) is 18.0 Å². The Kier molecular flexibility index (Phi) is 5.35. The molecule has 3 nitrogen and oxygen atoms in total. The van der Waals surface area contributed by atoms with E-state index in [4.69, 9.17) is 9.72 Å². The minimum Gasteiger partial charge on any atom is -0.487 e. The summed E-state index contributed by atoms with van der Waals surface area (Å²) in [5.41, 5.74) is 2.09. The van der Waals surface area contributed by atoms with Gasteiger partial charge in [-0.1, -0.05) is 54.0 Å². The first-order valence-electron chi connectivity index (χ1n) is 9.60. The Hall–Kier alpha value is -2.07. The largest absolute Gasteiger partial charge is 0.487 e. The van der Waals surface area contributed by atoms with E-state index < -0.39 is 0 Å². The van der Waals surface area contributed by atoms with Crippen LogP contribution in [0.25, 0.3) is 10.9 Å². The van der Waals surface area contributed by atoms with Gasteiger partial charge in [0.25, 0.3) is 0 Å². The molecule has 4 rings (SSSR count). The van der Waals surface area contributed by atoms with Gasteiger partial charge in [0.15, 0.2) is 0 Å². The van der Waals surface area contributed by atoms with E-state index in [-0.39, 0.29) is 0 Å². The molecule has 1 aliphatic heterocycles. The number of pyridine rings is 1. The van der Waals surface area contributed by atoms with Gasteiger partial charge in [-0.05, 0) is 54.2 Å². The van der Waals surface area contributed by atoms with Crippen LogP contribution in [0, 0.1) is 11.8 Å². The molecule has 0 saturated carbocycles. The number of piperidine rings is 1. The second-order valence-corrected chi connectivity index (χ2v) is 8.68. The van der Waals surface area contributed by atoms with Crippen LogP contribution in [0.4, 0.5) is 5.82 Å². The fourth-order valence-electron chi connectivity index (χ4n) is 3.99. The van der Waals surface area contributed by atoms with Gasteiger partial charge < -0.3 is 9.64 Å². The third kappa shape index (κ3) is 4.27. The molecule has 0 amide bonds. The third-order valence-electron chi connectivity index (χ3n) is 5.17. The summed E-state index contributed by atoms with van der Waals surface area (Å²) in [5, 5.41) is 1.12. The molecular formula is C23H25BrN2O. The minimum atomic E-state index is 0.538. The van der Waals surface area contributed by atoms with E-state index in [0.717, 1.165) is 45.6 Å². The number of nitrogens with zero attached hydrogens (tertiary/aromatic N) is 2. The van der Waals surface area contributed by atoms with E-state index in [0.29, 0.717) is 18.4 Å². The highest BCUT2D eigenvalue weighted by Gasteiger charge is 2.23. The number of hydrogen-bond acceptors (Lipinski definition) is 3. The third-order valence-corrected chi connectivity index (χ3v) is 5.70. The van der Waals surface area contributed by atoms with Crippen molar-refractivity contribution in [3.05, 3.63) is 64.6 Å². The van der Waals surface area contributed by atoms with Gasteiger partial charge in [0.2, 0.25) is 0 Å². The monoisotopic (exact) mass is 424 g/mol. The number of aromatic nitrogens is 1. The van der Waals surface area contributed by atoms with Crippen molar-refractivity contribution in [3.8, 4) is 5.75 Å². The molecule has 0 bridgehead atoms. The van der Waals surface area contributed by atoms with Crippen LogP contribution in [0.1, 0.15) is 25.8 Å². The zero-order valence-electron chi connectivity index (χ0n) is 15.9. The summed E-state index contributed by atoms with van der Waals surface area (Å²) in [6, 6.07) is 18.7. The maximum atomic E-state index is 6.13. The van der Waals surface area contributed by atoms with Gasteiger partial charge in [0, 0.05) is 22.9 Å². The molecule has 1 saturated heterocycles. The first-order valence-corrected chi connectivity index (χ1v) is 10.4. The van der Waals surface area contributed by atoms with Crippen LogP contribution >= 0.6 is 15.9 Å². The first-order chi connectivity index (χ1) is 13.1. The first kappa shape index (κ1) is 18.3. The standard InChI is InChI=1S/C23H25BrN2O/c1-16-12-17(2)14-26(13-16)22-11-8-19-4-3-5-21(23(19)25-22)27-15-18-6-9-20(24)10-7-18/h3-11,16-17H,12-15H2,1-2H3. The smallest absolute Gasteiger partial charge is 0.146 e. The molecule has 2 aromatic carbocycles. The summed E-state index contributed by atoms with van der Waals surface area (Å²) < 4.78 is 7.21. The van der Waals surface area contributed by atoms with Crippen molar-refractivity contribution in [3.63, 3.8) is 0 Å². The van der Waals surface area contributed by atoms with E-state index in [1.807, 2.05) is 24.3 Å². The van der Waals surface area contributed by atoms with E-state index in [9.17, 15) is 0 Å². The molecule has 0 aliphatic carbocycles. The Labute approximate surface area is 169 Å². The molecule has 0 spiro atoms. The van der Waals surface area contributed by atoms with Crippen molar-refractivity contribution >= 4 is 32.7 Å². The number of hydrogen-bond donors (Lipinski definition) is 0. The summed E-state index contributed by atoms with van der Waals surface area (Å²) in [4.78, 5) is 7.41. The molecule has 0 N–H and O–H groups in total. The predicted molar refractivity (Wildman–Crippen MR) is 115 cm³/mol. The number of para-hydroxylation sites is 1. The van der Waals surface area contributed by atoms with Crippen LogP contribution in [-0.2, 0) is 6.61 Å². The summed E-state index contributed by atoms with van der Waals surface area (Å²) in [7, 11) is 0. The number of benzene rings is 2. The van der Waals surface area contributed by atoms with Gasteiger partial charge in [-0.3, -0.25) is 0 Å². The highest BCUT2D eigenvalue weighted by atomic mass is 79.9. The summed E-state index contributed by atoms with van der Waals surface area (Å²) in [6.07, 6.45) is 1.30. The fourth-order valence-corrected chi connectivity index (χ4v) is 4.26. The van der Waals surface area contributed by atoms with Crippen LogP contribution in [-0.4, -0.2) is 18.1 Å². The van der Waals surface area contributed by atoms with Crippen LogP contribution in [0.3, 0.4) is 0 Å². The van der Waals surface area contributed by atoms with Crippen molar-refractivity contribution in [1.29, 1.82) is 0 Å². The molecule has 1 fully saturated rings. The van der Waals surface area contributed by atoms with Crippen molar-refractivity contribution < 1.29 is 4.74 Å². The number of halogens is 1. The fraction of sp³-hybridized carbons (Fsp3) is 0.348. The van der Waals surface area contributed by atoms with Crippen molar-refractivity contribution in [1.82, 2.24) is 4.98 Å². The van der Waals surface area contributed by atoms with Crippen LogP contribution in [0.5, 0.6) is 5.75 Å². The van der Waals surface area contributed by atoms with Crippen LogP contribution < -0.4 is 9.64 Å². The predicted octanol–water partition coefficient (Wildman–Crippen LogP) is 6.06. The normalized spacial score (nSPS) is 20.0. The summed E-state index contributed by atoms with van der Waals surface area (Å²) in [5.74, 6) is 3.31. The van der Waals surface area contributed by atoms with Crippen molar-refractivity contribution in [2.24, 2.45) is 11.8 Å². The number of ether oxygens (including phenoxy) is 1. The lowest BCUT2D eigenvalue weighted by atomic mass is 9.92. The number of rotatable bonds is 4. The lowest BCUT2D eigenvalue weighted by Crippen LogP contribution is -2.39. The zero-order valence-corrected chi connectivity index (χ0v) is 17.4. The molecular weight excluding hydrogens is 400 g/mol. The Morgan fingerprint density at radius 1 is 1.00 bits per heavy atom. The highest BCUT2D eigenvalue weighted by molar-refractivity contribution is 9.10. The topological polar surface area (TPSA) is 25.4 Å². The zero-order chi connectivity index (χ0) is 18.8. The average molecular weight is 425 g/mol. The molecule has 2 unspecified atom stereocenters. The van der Waals surface area contributed by atoms with E-state index in [1.165, 1.54) is 6.42 Å². The van der Waals surface area contributed by atoms with Crippen LogP contribution in [0.2, 0.25) is 0 Å². The van der Waals surface area contributed by atoms with Gasteiger partial charge in [-0.2, -0.15) is 0 Å². The maximum Gasteiger partial charge on any atom is 0.146 e. The Bertz CT molecular complexity index is 915. The lowest BCUT2D eigenvalue weighted by Gasteiger charge is -2.35. The average Bonchev–Trinajstić information content (AvgIpc) is 2.66. The van der Waals surface area contributed by atoms with Gasteiger partial charge in [0.1, 0.15) is 23.7 Å². The molecule has 3 aromatic rings. The van der Waals surface area contributed by atoms with E-state index in [2.05, 4.69) is 65.0 Å². The Morgan fingerprint density at radius 2 is 1.74 bits per heavy atom. The van der Waals surface area contributed by atoms with Crippen molar-refractivity contribution in [2.45, 2.75) is 26.9 Å². The minimum absolute atomic E-state index is 0.538. The molecule has 140 valence electrons. The second-order valence-electron chi connectivity index (χ2n) is 7.76. The quantitative estimate of drug-likeness (QED) is 0.508. The van der Waals surface area contributed by atoms with E-state index >= 15 is 0 Å². The number of fused-ring (bicyclic) bond motifs is 1. The second kappa shape index (κ2) is 7.89. The Morgan fingerprint density at radius 3 is 2.48 bits per heavy atom. The molecule has 0 radical (unpaired) electrons. The van der Waals surface area contributed by atoms with E-state index in [1.54, 1.807) is 0 Å². The lowest BCUT2D eigenvalue weighted by molar-refractivity contribution is 0.309. The molecule has 2 atom stereocenters. The highest BCUT2D eigenvalue weighted by Crippen LogP contribution is 2.30. The molecule has 1 aromatic heterocycles. The SMILES string of the molecule is CC1CC(C)CN(c2ccc3cccc(OCc4ccc(Br)cc4)c3n2)C1. The van der Waals surface area contributed by atoms with Gasteiger partial charge in [-0.25, -0.2) is 4.98 Å². The molecule has 4 heteroatoms. The van der Waals surface area contributed by atoms with Gasteiger partial charge in [-0.15, -0.1) is 0 Å². The Balaban J connectivity index is 1.60. The maximum absolute atomic E-state index is 6.13. The molecule has 1 aliphatic rings. The number of anilines is 1. The molecule has 2 heterocycles. The summed E-state index contributed by atoms with van der Waals surface area (Å²) >= 11 is 3.47. The summed E-state index contributed by atoms with van der Waals surface area (Å²) in [6.45, 7) is 7.35. The van der Waals surface area contributed by atoms with Gasteiger partial charge in [0.05, 0.1) is 0 Å². The van der Waals surface area contributed by atoms with Gasteiger partial charge >= 0.3 is 0 Å². The van der Waals surface area contributed by atoms with Crippen LogP contribution in [0.15, 0.2) is 59.1 Å². The molecule has 27 heavy (non-hydrogen) atoms.